The van der Waals surface area contributed by atoms with Gasteiger partial charge in [0.05, 0.1) is 11.2 Å². The number of rotatable bonds is 5. The van der Waals surface area contributed by atoms with Gasteiger partial charge in [0.25, 0.3) is 10.0 Å². The average Bonchev–Trinajstić information content (AvgIpc) is 2.77. The van der Waals surface area contributed by atoms with E-state index >= 15 is 0 Å². The lowest BCUT2D eigenvalue weighted by molar-refractivity contribution is 0.261. The van der Waals surface area contributed by atoms with Gasteiger partial charge in [0.15, 0.2) is 5.03 Å². The SMILES string of the molecule is CCCN(C1CCNCC1)S(=O)(=O)c1c(Cl)cnn1C. The molecule has 0 spiro atoms. The van der Waals surface area contributed by atoms with Crippen LogP contribution in [0.1, 0.15) is 26.2 Å². The predicted octanol–water partition coefficient (Wildman–Crippen LogP) is 1.23. The van der Waals surface area contributed by atoms with E-state index in [9.17, 15) is 8.42 Å². The van der Waals surface area contributed by atoms with E-state index in [1.807, 2.05) is 6.92 Å². The Morgan fingerprint density at radius 3 is 2.65 bits per heavy atom. The molecule has 0 bridgehead atoms. The Morgan fingerprint density at radius 2 is 2.15 bits per heavy atom. The number of nitrogens with zero attached hydrogens (tertiary/aromatic N) is 3. The van der Waals surface area contributed by atoms with Gasteiger partial charge in [0, 0.05) is 19.6 Å². The van der Waals surface area contributed by atoms with Gasteiger partial charge in [-0.15, -0.1) is 0 Å². The third kappa shape index (κ3) is 3.00. The van der Waals surface area contributed by atoms with Gasteiger partial charge in [-0.3, -0.25) is 4.68 Å². The fourth-order valence-corrected chi connectivity index (χ4v) is 5.00. The van der Waals surface area contributed by atoms with Gasteiger partial charge in [-0.2, -0.15) is 9.40 Å². The van der Waals surface area contributed by atoms with Crippen molar-refractivity contribution < 1.29 is 8.42 Å². The maximum absolute atomic E-state index is 12.9. The fourth-order valence-electron chi connectivity index (χ4n) is 2.61. The molecule has 1 aliphatic rings. The van der Waals surface area contributed by atoms with Crippen LogP contribution in [0.15, 0.2) is 11.2 Å². The molecule has 1 N–H and O–H groups in total. The zero-order chi connectivity index (χ0) is 14.8. The van der Waals surface area contributed by atoms with E-state index in [1.54, 1.807) is 11.4 Å². The van der Waals surface area contributed by atoms with E-state index in [0.717, 1.165) is 32.4 Å². The second kappa shape index (κ2) is 6.43. The molecule has 1 fully saturated rings. The van der Waals surface area contributed by atoms with Crippen LogP contribution >= 0.6 is 11.6 Å². The monoisotopic (exact) mass is 320 g/mol. The van der Waals surface area contributed by atoms with Crippen LogP contribution in [-0.4, -0.2) is 48.2 Å². The van der Waals surface area contributed by atoms with E-state index < -0.39 is 10.0 Å². The highest BCUT2D eigenvalue weighted by Crippen LogP contribution is 2.27. The summed E-state index contributed by atoms with van der Waals surface area (Å²) < 4.78 is 28.7. The third-order valence-corrected chi connectivity index (χ3v) is 6.02. The summed E-state index contributed by atoms with van der Waals surface area (Å²) in [5.41, 5.74) is 0. The largest absolute Gasteiger partial charge is 0.317 e. The van der Waals surface area contributed by atoms with Crippen LogP contribution in [0.3, 0.4) is 0 Å². The summed E-state index contributed by atoms with van der Waals surface area (Å²) in [5, 5.41) is 7.46. The molecule has 1 saturated heterocycles. The van der Waals surface area contributed by atoms with Gasteiger partial charge < -0.3 is 5.32 Å². The number of sulfonamides is 1. The van der Waals surface area contributed by atoms with Gasteiger partial charge in [0.1, 0.15) is 0 Å². The summed E-state index contributed by atoms with van der Waals surface area (Å²) in [6.07, 6.45) is 3.81. The van der Waals surface area contributed by atoms with E-state index in [1.165, 1.54) is 10.9 Å². The van der Waals surface area contributed by atoms with Crippen LogP contribution in [0.5, 0.6) is 0 Å². The van der Waals surface area contributed by atoms with Crippen molar-refractivity contribution in [1.82, 2.24) is 19.4 Å². The van der Waals surface area contributed by atoms with Crippen LogP contribution in [0, 0.1) is 0 Å². The number of halogens is 1. The molecular weight excluding hydrogens is 300 g/mol. The molecule has 0 radical (unpaired) electrons. The molecular formula is C12H21ClN4O2S. The van der Waals surface area contributed by atoms with Gasteiger partial charge in [-0.05, 0) is 32.4 Å². The smallest absolute Gasteiger partial charge is 0.261 e. The molecule has 0 aromatic carbocycles. The Balaban J connectivity index is 2.36. The van der Waals surface area contributed by atoms with Crippen molar-refractivity contribution in [2.24, 2.45) is 7.05 Å². The van der Waals surface area contributed by atoms with Crippen LogP contribution < -0.4 is 5.32 Å². The third-order valence-electron chi connectivity index (χ3n) is 3.56. The number of aromatic nitrogens is 2. The molecule has 1 aromatic heterocycles. The lowest BCUT2D eigenvalue weighted by atomic mass is 10.1. The summed E-state index contributed by atoms with van der Waals surface area (Å²) in [7, 11) is -2.00. The minimum Gasteiger partial charge on any atom is -0.317 e. The minimum absolute atomic E-state index is 0.0344. The highest BCUT2D eigenvalue weighted by atomic mass is 35.5. The maximum atomic E-state index is 12.9. The molecule has 0 saturated carbocycles. The molecule has 2 rings (SSSR count). The first-order chi connectivity index (χ1) is 9.48. The van der Waals surface area contributed by atoms with Crippen LogP contribution in [0.25, 0.3) is 0 Å². The van der Waals surface area contributed by atoms with E-state index in [0.29, 0.717) is 6.54 Å². The van der Waals surface area contributed by atoms with Gasteiger partial charge in [-0.25, -0.2) is 8.42 Å². The van der Waals surface area contributed by atoms with E-state index in [-0.39, 0.29) is 16.1 Å². The first-order valence-corrected chi connectivity index (χ1v) is 8.70. The molecule has 6 nitrogen and oxygen atoms in total. The van der Waals surface area contributed by atoms with Crippen molar-refractivity contribution in [2.45, 2.75) is 37.3 Å². The number of hydrogen-bond donors (Lipinski definition) is 1. The number of aryl methyl sites for hydroxylation is 1. The Hall–Kier alpha value is -0.630. The lowest BCUT2D eigenvalue weighted by Gasteiger charge is -2.33. The Kier molecular flexibility index (Phi) is 5.06. The molecule has 2 heterocycles. The van der Waals surface area contributed by atoms with E-state index in [4.69, 9.17) is 11.6 Å². The zero-order valence-corrected chi connectivity index (χ0v) is 13.4. The summed E-state index contributed by atoms with van der Waals surface area (Å²) in [6, 6.07) is 0.0344. The molecule has 114 valence electrons. The van der Waals surface area contributed by atoms with Crippen LogP contribution in [0.2, 0.25) is 5.02 Å². The quantitative estimate of drug-likeness (QED) is 0.886. The van der Waals surface area contributed by atoms with Crippen LogP contribution in [0.4, 0.5) is 0 Å². The first kappa shape index (κ1) is 15.8. The summed E-state index contributed by atoms with van der Waals surface area (Å²) in [4.78, 5) is 0. The highest BCUT2D eigenvalue weighted by molar-refractivity contribution is 7.89. The lowest BCUT2D eigenvalue weighted by Crippen LogP contribution is -2.46. The standard InChI is InChI=1S/C12H21ClN4O2S/c1-3-8-17(10-4-6-14-7-5-10)20(18,19)12-11(13)9-15-16(12)2/h9-10,14H,3-8H2,1-2H3. The average molecular weight is 321 g/mol. The maximum Gasteiger partial charge on any atom is 0.261 e. The van der Waals surface area contributed by atoms with Gasteiger partial charge in [-0.1, -0.05) is 18.5 Å². The normalized spacial score (nSPS) is 17.8. The molecule has 0 amide bonds. The predicted molar refractivity (Wildman–Crippen MR) is 78.3 cm³/mol. The second-order valence-electron chi connectivity index (χ2n) is 5.02. The van der Waals surface area contributed by atoms with Crippen molar-refractivity contribution in [2.75, 3.05) is 19.6 Å². The summed E-state index contributed by atoms with van der Waals surface area (Å²) in [6.45, 7) is 4.18. The second-order valence-corrected chi connectivity index (χ2v) is 7.23. The van der Waals surface area contributed by atoms with E-state index in [2.05, 4.69) is 10.4 Å². The highest BCUT2D eigenvalue weighted by Gasteiger charge is 2.35. The number of nitrogens with one attached hydrogen (secondary N) is 1. The summed E-state index contributed by atoms with van der Waals surface area (Å²) in [5.74, 6) is 0. The zero-order valence-electron chi connectivity index (χ0n) is 11.8. The van der Waals surface area contributed by atoms with Crippen molar-refractivity contribution >= 4 is 21.6 Å². The molecule has 0 atom stereocenters. The Labute approximate surface area is 125 Å². The molecule has 1 aromatic rings. The Bertz CT molecular complexity index is 532. The van der Waals surface area contributed by atoms with Crippen LogP contribution in [-0.2, 0) is 17.1 Å². The topological polar surface area (TPSA) is 67.2 Å². The van der Waals surface area contributed by atoms with Crippen molar-refractivity contribution in [3.8, 4) is 0 Å². The first-order valence-electron chi connectivity index (χ1n) is 6.88. The molecule has 0 unspecified atom stereocenters. The molecule has 20 heavy (non-hydrogen) atoms. The fraction of sp³-hybridized carbons (Fsp3) is 0.750. The molecule has 1 aliphatic heterocycles. The van der Waals surface area contributed by atoms with Crippen molar-refractivity contribution in [1.29, 1.82) is 0 Å². The summed E-state index contributed by atoms with van der Waals surface area (Å²) >= 11 is 6.01. The molecule has 0 aliphatic carbocycles. The minimum atomic E-state index is -3.61. The van der Waals surface area contributed by atoms with Crippen molar-refractivity contribution in [3.05, 3.63) is 11.2 Å². The van der Waals surface area contributed by atoms with Crippen molar-refractivity contribution in [3.63, 3.8) is 0 Å². The Morgan fingerprint density at radius 1 is 1.50 bits per heavy atom. The van der Waals surface area contributed by atoms with Gasteiger partial charge >= 0.3 is 0 Å². The number of hydrogen-bond acceptors (Lipinski definition) is 4. The molecule has 8 heteroatoms. The van der Waals surface area contributed by atoms with Gasteiger partial charge in [0.2, 0.25) is 0 Å². The number of piperidine rings is 1.